The van der Waals surface area contributed by atoms with E-state index in [9.17, 15) is 0 Å². The molecule has 6 nitrogen and oxygen atoms in total. The second-order valence-electron chi connectivity index (χ2n) is 6.93. The molecule has 2 fully saturated rings. The number of rotatable bonds is 9. The average Bonchev–Trinajstić information content (AvgIpc) is 3.10. The predicted molar refractivity (Wildman–Crippen MR) is 98.6 cm³/mol. The minimum Gasteiger partial charge on any atom is -0.379 e. The molecular weight excluding hydrogens is 304 g/mol. The highest BCUT2D eigenvalue weighted by molar-refractivity contribution is 5.79. The Morgan fingerprint density at radius 3 is 2.79 bits per heavy atom. The zero-order chi connectivity index (χ0) is 17.0. The number of nitrogens with one attached hydrogen (secondary N) is 2. The summed E-state index contributed by atoms with van der Waals surface area (Å²) < 4.78 is 11.1. The first-order valence-electron chi connectivity index (χ1n) is 9.68. The molecule has 0 aliphatic carbocycles. The molecule has 0 aromatic rings. The number of likely N-dealkylation sites (tertiary alicyclic amines) is 1. The van der Waals surface area contributed by atoms with E-state index in [1.165, 1.54) is 32.4 Å². The molecule has 2 heterocycles. The molecule has 0 saturated carbocycles. The molecule has 1 unspecified atom stereocenters. The van der Waals surface area contributed by atoms with Gasteiger partial charge in [0.25, 0.3) is 0 Å². The van der Waals surface area contributed by atoms with Gasteiger partial charge in [0, 0.05) is 32.8 Å². The summed E-state index contributed by atoms with van der Waals surface area (Å²) in [4.78, 5) is 7.07. The van der Waals surface area contributed by atoms with Crippen LogP contribution in [0.3, 0.4) is 0 Å². The number of guanidine groups is 1. The molecule has 24 heavy (non-hydrogen) atoms. The van der Waals surface area contributed by atoms with E-state index in [-0.39, 0.29) is 0 Å². The van der Waals surface area contributed by atoms with Crippen LogP contribution in [0.1, 0.15) is 39.0 Å². The zero-order valence-corrected chi connectivity index (χ0v) is 15.6. The standard InChI is InChI=1S/C18H36N4O2/c1-3-19-18(20-9-4-13-24-17-8-14-23-15-17)21-10-5-16-6-11-22(2)12-7-16/h16-17H,3-15H2,1-2H3,(H2,19,20,21). The van der Waals surface area contributed by atoms with Crippen LogP contribution < -0.4 is 10.6 Å². The van der Waals surface area contributed by atoms with E-state index < -0.39 is 0 Å². The van der Waals surface area contributed by atoms with Gasteiger partial charge in [-0.3, -0.25) is 4.99 Å². The summed E-state index contributed by atoms with van der Waals surface area (Å²) in [7, 11) is 2.22. The van der Waals surface area contributed by atoms with E-state index in [2.05, 4.69) is 34.5 Å². The summed E-state index contributed by atoms with van der Waals surface area (Å²) in [5.41, 5.74) is 0. The van der Waals surface area contributed by atoms with E-state index in [0.29, 0.717) is 6.10 Å². The molecule has 2 rings (SSSR count). The van der Waals surface area contributed by atoms with Gasteiger partial charge in [-0.25, -0.2) is 0 Å². The first-order valence-corrected chi connectivity index (χ1v) is 9.68. The van der Waals surface area contributed by atoms with Crippen LogP contribution in [0.25, 0.3) is 0 Å². The topological polar surface area (TPSA) is 58.1 Å². The van der Waals surface area contributed by atoms with Crippen molar-refractivity contribution in [2.75, 3.05) is 59.6 Å². The molecule has 0 aromatic carbocycles. The highest BCUT2D eigenvalue weighted by Crippen LogP contribution is 2.18. The lowest BCUT2D eigenvalue weighted by Gasteiger charge is -2.29. The molecule has 2 aliphatic rings. The van der Waals surface area contributed by atoms with Crippen molar-refractivity contribution in [3.05, 3.63) is 0 Å². The Labute approximate surface area is 147 Å². The third kappa shape index (κ3) is 7.81. The van der Waals surface area contributed by atoms with Crippen LogP contribution in [-0.4, -0.2) is 76.6 Å². The van der Waals surface area contributed by atoms with Crippen LogP contribution in [0, 0.1) is 5.92 Å². The maximum atomic E-state index is 5.77. The number of ether oxygens (including phenoxy) is 2. The fourth-order valence-electron chi connectivity index (χ4n) is 3.24. The van der Waals surface area contributed by atoms with Crippen molar-refractivity contribution in [1.82, 2.24) is 15.5 Å². The molecule has 2 aliphatic heterocycles. The summed E-state index contributed by atoms with van der Waals surface area (Å²) >= 11 is 0. The molecule has 2 saturated heterocycles. The summed E-state index contributed by atoms with van der Waals surface area (Å²) in [6, 6.07) is 0. The van der Waals surface area contributed by atoms with Gasteiger partial charge in [-0.15, -0.1) is 0 Å². The van der Waals surface area contributed by atoms with Gasteiger partial charge in [0.05, 0.1) is 12.7 Å². The van der Waals surface area contributed by atoms with Crippen molar-refractivity contribution in [3.63, 3.8) is 0 Å². The van der Waals surface area contributed by atoms with E-state index in [1.54, 1.807) is 0 Å². The van der Waals surface area contributed by atoms with Crippen molar-refractivity contribution in [2.45, 2.75) is 45.1 Å². The van der Waals surface area contributed by atoms with Crippen LogP contribution in [0.15, 0.2) is 4.99 Å². The van der Waals surface area contributed by atoms with Crippen molar-refractivity contribution < 1.29 is 9.47 Å². The van der Waals surface area contributed by atoms with Gasteiger partial charge in [0.2, 0.25) is 0 Å². The SMILES string of the molecule is CCNC(=NCCCOC1CCOC1)NCCC1CCN(C)CC1. The molecule has 2 N–H and O–H groups in total. The van der Waals surface area contributed by atoms with Gasteiger partial charge in [-0.2, -0.15) is 0 Å². The minimum absolute atomic E-state index is 0.301. The van der Waals surface area contributed by atoms with Gasteiger partial charge in [0.15, 0.2) is 5.96 Å². The van der Waals surface area contributed by atoms with Crippen LogP contribution >= 0.6 is 0 Å². The summed E-state index contributed by atoms with van der Waals surface area (Å²) in [6.07, 6.45) is 6.19. The quantitative estimate of drug-likeness (QED) is 0.378. The van der Waals surface area contributed by atoms with Crippen LogP contribution in [0.5, 0.6) is 0 Å². The molecule has 0 aromatic heterocycles. The second-order valence-corrected chi connectivity index (χ2v) is 6.93. The second kappa shape index (κ2) is 11.7. The molecule has 0 radical (unpaired) electrons. The van der Waals surface area contributed by atoms with Crippen molar-refractivity contribution in [3.8, 4) is 0 Å². The molecule has 6 heteroatoms. The van der Waals surface area contributed by atoms with E-state index in [4.69, 9.17) is 9.47 Å². The lowest BCUT2D eigenvalue weighted by atomic mass is 9.94. The summed E-state index contributed by atoms with van der Waals surface area (Å²) in [5, 5.41) is 6.80. The van der Waals surface area contributed by atoms with Crippen LogP contribution in [0.2, 0.25) is 0 Å². The van der Waals surface area contributed by atoms with Gasteiger partial charge < -0.3 is 25.0 Å². The lowest BCUT2D eigenvalue weighted by molar-refractivity contribution is 0.0424. The monoisotopic (exact) mass is 340 g/mol. The highest BCUT2D eigenvalue weighted by atomic mass is 16.5. The third-order valence-electron chi connectivity index (χ3n) is 4.84. The average molecular weight is 341 g/mol. The Morgan fingerprint density at radius 2 is 2.08 bits per heavy atom. The van der Waals surface area contributed by atoms with Crippen molar-refractivity contribution in [2.24, 2.45) is 10.9 Å². The van der Waals surface area contributed by atoms with Gasteiger partial charge in [-0.05, 0) is 65.1 Å². The Kier molecular flexibility index (Phi) is 9.46. The molecule has 0 bridgehead atoms. The fourth-order valence-corrected chi connectivity index (χ4v) is 3.24. The van der Waals surface area contributed by atoms with Crippen molar-refractivity contribution in [1.29, 1.82) is 0 Å². The zero-order valence-electron chi connectivity index (χ0n) is 15.6. The highest BCUT2D eigenvalue weighted by Gasteiger charge is 2.16. The molecule has 0 spiro atoms. The Balaban J connectivity index is 1.55. The summed E-state index contributed by atoms with van der Waals surface area (Å²) in [5.74, 6) is 1.80. The number of nitrogens with zero attached hydrogens (tertiary/aromatic N) is 2. The smallest absolute Gasteiger partial charge is 0.191 e. The summed E-state index contributed by atoms with van der Waals surface area (Å²) in [6.45, 7) is 9.67. The first-order chi connectivity index (χ1) is 11.8. The number of aliphatic imine (C=N–C) groups is 1. The predicted octanol–water partition coefficient (Wildman–Crippen LogP) is 1.47. The minimum atomic E-state index is 0.301. The van der Waals surface area contributed by atoms with Gasteiger partial charge >= 0.3 is 0 Å². The largest absolute Gasteiger partial charge is 0.379 e. The van der Waals surface area contributed by atoms with Gasteiger partial charge in [0.1, 0.15) is 0 Å². The number of piperidine rings is 1. The molecule has 0 amide bonds. The van der Waals surface area contributed by atoms with Crippen LogP contribution in [-0.2, 0) is 9.47 Å². The maximum absolute atomic E-state index is 5.77. The Morgan fingerprint density at radius 1 is 1.25 bits per heavy atom. The maximum Gasteiger partial charge on any atom is 0.191 e. The third-order valence-corrected chi connectivity index (χ3v) is 4.84. The van der Waals surface area contributed by atoms with Gasteiger partial charge in [-0.1, -0.05) is 0 Å². The molecule has 1 atom stereocenters. The molecule has 140 valence electrons. The lowest BCUT2D eigenvalue weighted by Crippen LogP contribution is -2.39. The Hall–Kier alpha value is -0.850. The molecular formula is C18H36N4O2. The first kappa shape index (κ1) is 19.5. The fraction of sp³-hybridized carbons (Fsp3) is 0.944. The van der Waals surface area contributed by atoms with E-state index in [0.717, 1.165) is 64.2 Å². The number of hydrogen-bond acceptors (Lipinski definition) is 4. The number of hydrogen-bond donors (Lipinski definition) is 2. The van der Waals surface area contributed by atoms with E-state index in [1.807, 2.05) is 0 Å². The Bertz CT molecular complexity index is 351. The van der Waals surface area contributed by atoms with Crippen molar-refractivity contribution >= 4 is 5.96 Å². The normalized spacial score (nSPS) is 23.6. The van der Waals surface area contributed by atoms with Crippen LogP contribution in [0.4, 0.5) is 0 Å². The van der Waals surface area contributed by atoms with E-state index >= 15 is 0 Å².